The molecular weight excluding hydrogens is 317 g/mol. The molecule has 0 bridgehead atoms. The molecular formula is C20H18FN3O. The van der Waals surface area contributed by atoms with Crippen LogP contribution >= 0.6 is 0 Å². The molecule has 4 nitrogen and oxygen atoms in total. The first kappa shape index (κ1) is 15.4. The number of aryl methyl sites for hydroxylation is 1. The summed E-state index contributed by atoms with van der Waals surface area (Å²) in [6, 6.07) is 14.4. The molecule has 0 saturated heterocycles. The van der Waals surface area contributed by atoms with Crippen LogP contribution in [0.5, 0.6) is 5.75 Å². The van der Waals surface area contributed by atoms with E-state index in [4.69, 9.17) is 4.74 Å². The van der Waals surface area contributed by atoms with Gasteiger partial charge in [0.05, 0.1) is 18.0 Å². The summed E-state index contributed by atoms with van der Waals surface area (Å²) < 4.78 is 22.6. The molecule has 2 aromatic carbocycles. The first-order valence-corrected chi connectivity index (χ1v) is 8.19. The normalized spacial score (nSPS) is 11.2. The molecule has 2 aromatic heterocycles. The second-order valence-electron chi connectivity index (χ2n) is 5.87. The van der Waals surface area contributed by atoms with Gasteiger partial charge < -0.3 is 9.30 Å². The summed E-state index contributed by atoms with van der Waals surface area (Å²) in [5, 5.41) is 0. The van der Waals surface area contributed by atoms with Gasteiger partial charge in [-0.15, -0.1) is 0 Å². The predicted molar refractivity (Wildman–Crippen MR) is 96.2 cm³/mol. The Hall–Kier alpha value is -3.08. The molecule has 4 aromatic rings. The fraction of sp³-hybridized carbons (Fsp3) is 0.150. The zero-order valence-electron chi connectivity index (χ0n) is 14.1. The van der Waals surface area contributed by atoms with Crippen molar-refractivity contribution in [3.05, 3.63) is 66.7 Å². The minimum Gasteiger partial charge on any atom is -0.494 e. The summed E-state index contributed by atoms with van der Waals surface area (Å²) in [5.74, 6) is 1.46. The van der Waals surface area contributed by atoms with Gasteiger partial charge in [0.2, 0.25) is 5.78 Å². The molecule has 0 N–H and O–H groups in total. The van der Waals surface area contributed by atoms with Crippen molar-refractivity contribution in [2.75, 3.05) is 6.61 Å². The van der Waals surface area contributed by atoms with Crippen LogP contribution in [0, 0.1) is 5.82 Å². The molecule has 4 rings (SSSR count). The van der Waals surface area contributed by atoms with E-state index in [1.165, 1.54) is 12.1 Å². The number of ether oxygens (including phenoxy) is 1. The third-order valence-electron chi connectivity index (χ3n) is 4.24. The van der Waals surface area contributed by atoms with Crippen LogP contribution in [-0.2, 0) is 7.05 Å². The van der Waals surface area contributed by atoms with Gasteiger partial charge in [0.15, 0.2) is 0 Å². The van der Waals surface area contributed by atoms with Crippen molar-refractivity contribution in [1.82, 2.24) is 14.0 Å². The van der Waals surface area contributed by atoms with Crippen molar-refractivity contribution in [1.29, 1.82) is 0 Å². The quantitative estimate of drug-likeness (QED) is 0.548. The monoisotopic (exact) mass is 335 g/mol. The lowest BCUT2D eigenvalue weighted by molar-refractivity contribution is 0.340. The van der Waals surface area contributed by atoms with Gasteiger partial charge in [-0.25, -0.2) is 9.37 Å². The maximum atomic E-state index is 13.1. The summed E-state index contributed by atoms with van der Waals surface area (Å²) in [5.41, 5.74) is 3.88. The van der Waals surface area contributed by atoms with E-state index in [0.717, 1.165) is 34.0 Å². The highest BCUT2D eigenvalue weighted by Gasteiger charge is 2.12. The van der Waals surface area contributed by atoms with Crippen LogP contribution < -0.4 is 4.74 Å². The molecule has 0 atom stereocenters. The van der Waals surface area contributed by atoms with Gasteiger partial charge in [0.1, 0.15) is 11.6 Å². The highest BCUT2D eigenvalue weighted by molar-refractivity contribution is 5.67. The van der Waals surface area contributed by atoms with Gasteiger partial charge in [0.25, 0.3) is 0 Å². The number of hydrogen-bond donors (Lipinski definition) is 0. The number of benzene rings is 2. The van der Waals surface area contributed by atoms with Gasteiger partial charge in [-0.1, -0.05) is 0 Å². The number of fused-ring (bicyclic) bond motifs is 1. The topological polar surface area (TPSA) is 31.5 Å². The van der Waals surface area contributed by atoms with Gasteiger partial charge >= 0.3 is 0 Å². The van der Waals surface area contributed by atoms with E-state index in [-0.39, 0.29) is 5.82 Å². The standard InChI is InChI=1S/C20H18FN3O/c1-3-25-17-10-6-15(7-11-17)19-13-24-12-18(22-20(24)23(19)2)14-4-8-16(21)9-5-14/h4-13H,3H2,1-2H3. The van der Waals surface area contributed by atoms with Gasteiger partial charge in [0, 0.05) is 25.0 Å². The van der Waals surface area contributed by atoms with Crippen LogP contribution in [0.2, 0.25) is 0 Å². The highest BCUT2D eigenvalue weighted by atomic mass is 19.1. The molecule has 5 heteroatoms. The Morgan fingerprint density at radius 3 is 2.28 bits per heavy atom. The Morgan fingerprint density at radius 2 is 1.64 bits per heavy atom. The van der Waals surface area contributed by atoms with E-state index in [2.05, 4.69) is 4.98 Å². The van der Waals surface area contributed by atoms with E-state index >= 15 is 0 Å². The molecule has 0 amide bonds. The maximum Gasteiger partial charge on any atom is 0.214 e. The van der Waals surface area contributed by atoms with Crippen molar-refractivity contribution >= 4 is 5.78 Å². The van der Waals surface area contributed by atoms with Crippen LogP contribution in [0.25, 0.3) is 28.3 Å². The molecule has 2 heterocycles. The van der Waals surface area contributed by atoms with Gasteiger partial charge in [-0.05, 0) is 61.0 Å². The third kappa shape index (κ3) is 2.78. The second kappa shape index (κ2) is 6.09. The number of nitrogens with zero attached hydrogens (tertiary/aromatic N) is 3. The number of hydrogen-bond acceptors (Lipinski definition) is 2. The van der Waals surface area contributed by atoms with Crippen molar-refractivity contribution in [2.24, 2.45) is 7.05 Å². The lowest BCUT2D eigenvalue weighted by Crippen LogP contribution is -1.94. The Morgan fingerprint density at radius 1 is 0.960 bits per heavy atom. The molecule has 25 heavy (non-hydrogen) atoms. The van der Waals surface area contributed by atoms with Crippen LogP contribution in [0.1, 0.15) is 6.92 Å². The Labute approximate surface area is 145 Å². The Balaban J connectivity index is 1.71. The van der Waals surface area contributed by atoms with E-state index in [1.54, 1.807) is 12.1 Å². The Bertz CT molecular complexity index is 1010. The molecule has 0 radical (unpaired) electrons. The number of imidazole rings is 2. The van der Waals surface area contributed by atoms with E-state index in [1.807, 2.05) is 59.6 Å². The van der Waals surface area contributed by atoms with Crippen molar-refractivity contribution in [3.63, 3.8) is 0 Å². The zero-order chi connectivity index (χ0) is 17.4. The molecule has 0 fully saturated rings. The molecule has 0 saturated carbocycles. The average molecular weight is 335 g/mol. The molecule has 0 aliphatic rings. The zero-order valence-corrected chi connectivity index (χ0v) is 14.1. The number of rotatable bonds is 4. The van der Waals surface area contributed by atoms with Gasteiger partial charge in [-0.2, -0.15) is 0 Å². The lowest BCUT2D eigenvalue weighted by Gasteiger charge is -2.05. The van der Waals surface area contributed by atoms with Crippen molar-refractivity contribution in [3.8, 4) is 28.3 Å². The second-order valence-corrected chi connectivity index (χ2v) is 5.87. The minimum absolute atomic E-state index is 0.245. The largest absolute Gasteiger partial charge is 0.494 e. The predicted octanol–water partition coefficient (Wildman–Crippen LogP) is 4.54. The fourth-order valence-electron chi connectivity index (χ4n) is 2.97. The number of aromatic nitrogens is 3. The maximum absolute atomic E-state index is 13.1. The molecule has 0 aliphatic heterocycles. The van der Waals surface area contributed by atoms with Crippen LogP contribution in [0.15, 0.2) is 60.9 Å². The van der Waals surface area contributed by atoms with Crippen LogP contribution in [-0.4, -0.2) is 20.6 Å². The molecule has 126 valence electrons. The summed E-state index contributed by atoms with van der Waals surface area (Å²) >= 11 is 0. The van der Waals surface area contributed by atoms with E-state index < -0.39 is 0 Å². The molecule has 0 unspecified atom stereocenters. The highest BCUT2D eigenvalue weighted by Crippen LogP contribution is 2.26. The molecule has 0 aliphatic carbocycles. The Kier molecular flexibility index (Phi) is 3.76. The summed E-state index contributed by atoms with van der Waals surface area (Å²) in [6.45, 7) is 2.63. The van der Waals surface area contributed by atoms with Crippen molar-refractivity contribution in [2.45, 2.75) is 6.92 Å². The number of halogens is 1. The molecule has 0 spiro atoms. The SMILES string of the molecule is CCOc1ccc(-c2cn3cc(-c4ccc(F)cc4)nc3n2C)cc1. The van der Waals surface area contributed by atoms with E-state index in [0.29, 0.717) is 6.61 Å². The summed E-state index contributed by atoms with van der Waals surface area (Å²) in [4.78, 5) is 4.68. The van der Waals surface area contributed by atoms with Crippen molar-refractivity contribution < 1.29 is 9.13 Å². The van der Waals surface area contributed by atoms with E-state index in [9.17, 15) is 4.39 Å². The minimum atomic E-state index is -0.245. The third-order valence-corrected chi connectivity index (χ3v) is 4.24. The van der Waals surface area contributed by atoms with Gasteiger partial charge in [-0.3, -0.25) is 4.40 Å². The smallest absolute Gasteiger partial charge is 0.214 e. The average Bonchev–Trinajstić information content (AvgIpc) is 3.17. The summed E-state index contributed by atoms with van der Waals surface area (Å²) in [7, 11) is 1.99. The van der Waals surface area contributed by atoms with Crippen LogP contribution in [0.4, 0.5) is 4.39 Å². The first-order valence-electron chi connectivity index (χ1n) is 8.19. The lowest BCUT2D eigenvalue weighted by atomic mass is 10.1. The van der Waals surface area contributed by atoms with Crippen LogP contribution in [0.3, 0.4) is 0 Å². The first-order chi connectivity index (χ1) is 12.2. The fourth-order valence-corrected chi connectivity index (χ4v) is 2.97. The summed E-state index contributed by atoms with van der Waals surface area (Å²) in [6.07, 6.45) is 4.01.